The van der Waals surface area contributed by atoms with Crippen LogP contribution in [-0.4, -0.2) is 40.6 Å². The van der Waals surface area contributed by atoms with E-state index in [0.29, 0.717) is 13.1 Å². The molecular weight excluding hydrogens is 316 g/mol. The van der Waals surface area contributed by atoms with E-state index in [1.54, 1.807) is 0 Å². The van der Waals surface area contributed by atoms with Crippen LogP contribution in [0.5, 0.6) is 0 Å². The fourth-order valence-corrected chi connectivity index (χ4v) is 2.72. The maximum atomic E-state index is 11.2. The molecule has 0 saturated heterocycles. The van der Waals surface area contributed by atoms with Gasteiger partial charge in [-0.2, -0.15) is 0 Å². The highest BCUT2D eigenvalue weighted by Gasteiger charge is 2.10. The predicted molar refractivity (Wildman–Crippen MR) is 79.9 cm³/mol. The number of nitrogens with two attached hydrogens (primary N) is 1. The molecule has 0 spiro atoms. The van der Waals surface area contributed by atoms with Crippen molar-refractivity contribution in [3.63, 3.8) is 0 Å². The summed E-state index contributed by atoms with van der Waals surface area (Å²) < 4.78 is 23.4. The van der Waals surface area contributed by atoms with Crippen molar-refractivity contribution < 1.29 is 8.42 Å². The molecule has 0 aliphatic rings. The molecule has 0 unspecified atom stereocenters. The van der Waals surface area contributed by atoms with Crippen LogP contribution in [0.2, 0.25) is 0 Å². The Hall–Kier alpha value is -0.590. The van der Waals surface area contributed by atoms with Gasteiger partial charge in [0.25, 0.3) is 0 Å². The van der Waals surface area contributed by atoms with Gasteiger partial charge in [0.2, 0.25) is 0 Å². The molecule has 1 aromatic rings. The summed E-state index contributed by atoms with van der Waals surface area (Å²) in [7, 11) is -1.04. The van der Waals surface area contributed by atoms with Gasteiger partial charge in [0.1, 0.15) is 9.84 Å². The summed E-state index contributed by atoms with van der Waals surface area (Å²) in [5, 5.41) is 0. The highest BCUT2D eigenvalue weighted by atomic mass is 79.9. The molecule has 0 aliphatic carbocycles. The molecule has 0 aromatic heterocycles. The van der Waals surface area contributed by atoms with Crippen LogP contribution in [-0.2, 0) is 16.3 Å². The standard InChI is InChI=1S/C12H19BrN2O2S/c1-15(7-8-18(2,16)17)12-4-3-11(13)9-10(12)5-6-14/h3-4,9H,5-8,14H2,1-2H3. The third kappa shape index (κ3) is 4.96. The number of hydrogen-bond donors (Lipinski definition) is 1. The lowest BCUT2D eigenvalue weighted by Crippen LogP contribution is -2.26. The third-order valence-corrected chi connectivity index (χ3v) is 4.08. The molecule has 0 atom stereocenters. The SMILES string of the molecule is CN(CCS(C)(=O)=O)c1ccc(Br)cc1CCN. The Morgan fingerprint density at radius 3 is 2.61 bits per heavy atom. The minimum atomic E-state index is -2.94. The normalized spacial score (nSPS) is 11.6. The van der Waals surface area contributed by atoms with E-state index in [2.05, 4.69) is 15.9 Å². The van der Waals surface area contributed by atoms with Crippen LogP contribution < -0.4 is 10.6 Å². The van der Waals surface area contributed by atoms with Gasteiger partial charge in [-0.1, -0.05) is 15.9 Å². The minimum Gasteiger partial charge on any atom is -0.373 e. The quantitative estimate of drug-likeness (QED) is 0.854. The molecule has 1 rings (SSSR count). The Labute approximate surface area is 117 Å². The van der Waals surface area contributed by atoms with Crippen molar-refractivity contribution in [3.8, 4) is 0 Å². The molecule has 0 fully saturated rings. The van der Waals surface area contributed by atoms with E-state index >= 15 is 0 Å². The Morgan fingerprint density at radius 1 is 1.39 bits per heavy atom. The summed E-state index contributed by atoms with van der Waals surface area (Å²) in [6.45, 7) is 1.06. The average molecular weight is 335 g/mol. The van der Waals surface area contributed by atoms with Crippen LogP contribution in [0.1, 0.15) is 5.56 Å². The first-order valence-corrected chi connectivity index (χ1v) is 8.56. The smallest absolute Gasteiger partial charge is 0.149 e. The van der Waals surface area contributed by atoms with E-state index < -0.39 is 9.84 Å². The summed E-state index contributed by atoms with van der Waals surface area (Å²) in [6.07, 6.45) is 2.03. The van der Waals surface area contributed by atoms with Crippen molar-refractivity contribution in [1.82, 2.24) is 0 Å². The molecule has 0 aliphatic heterocycles. The van der Waals surface area contributed by atoms with Crippen LogP contribution in [0.15, 0.2) is 22.7 Å². The summed E-state index contributed by atoms with van der Waals surface area (Å²) in [5.74, 6) is 0.154. The van der Waals surface area contributed by atoms with Crippen LogP contribution in [0, 0.1) is 0 Å². The van der Waals surface area contributed by atoms with Crippen LogP contribution in [0.3, 0.4) is 0 Å². The maximum absolute atomic E-state index is 11.2. The highest BCUT2D eigenvalue weighted by molar-refractivity contribution is 9.10. The van der Waals surface area contributed by atoms with E-state index in [0.717, 1.165) is 22.1 Å². The fourth-order valence-electron chi connectivity index (χ4n) is 1.71. The number of sulfone groups is 1. The molecule has 0 heterocycles. The first kappa shape index (κ1) is 15.5. The number of halogens is 1. The second-order valence-corrected chi connectivity index (χ2v) is 7.54. The van der Waals surface area contributed by atoms with Gasteiger partial charge < -0.3 is 10.6 Å². The molecule has 1 aromatic carbocycles. The molecule has 102 valence electrons. The Morgan fingerprint density at radius 2 is 2.06 bits per heavy atom. The lowest BCUT2D eigenvalue weighted by molar-refractivity contribution is 0.601. The van der Waals surface area contributed by atoms with Crippen LogP contribution >= 0.6 is 15.9 Å². The number of benzene rings is 1. The average Bonchev–Trinajstić information content (AvgIpc) is 2.25. The summed E-state index contributed by atoms with van der Waals surface area (Å²) in [6, 6.07) is 5.96. The highest BCUT2D eigenvalue weighted by Crippen LogP contribution is 2.24. The van der Waals surface area contributed by atoms with Gasteiger partial charge in [0.15, 0.2) is 0 Å². The van der Waals surface area contributed by atoms with Gasteiger partial charge in [0, 0.05) is 30.0 Å². The summed E-state index contributed by atoms with van der Waals surface area (Å²) in [5.41, 5.74) is 7.76. The first-order valence-electron chi connectivity index (χ1n) is 5.71. The van der Waals surface area contributed by atoms with E-state index in [9.17, 15) is 8.42 Å². The van der Waals surface area contributed by atoms with Crippen molar-refractivity contribution in [2.24, 2.45) is 5.73 Å². The van der Waals surface area contributed by atoms with Crippen LogP contribution in [0.4, 0.5) is 5.69 Å². The van der Waals surface area contributed by atoms with Gasteiger partial charge in [0.05, 0.1) is 5.75 Å². The predicted octanol–water partition coefficient (Wildman–Crippen LogP) is 1.43. The second-order valence-electron chi connectivity index (χ2n) is 4.36. The molecular formula is C12H19BrN2O2S. The van der Waals surface area contributed by atoms with Crippen molar-refractivity contribution in [2.45, 2.75) is 6.42 Å². The van der Waals surface area contributed by atoms with Gasteiger partial charge in [-0.05, 0) is 36.7 Å². The van der Waals surface area contributed by atoms with E-state index in [1.807, 2.05) is 30.1 Å². The molecule has 4 nitrogen and oxygen atoms in total. The van der Waals surface area contributed by atoms with Crippen LogP contribution in [0.25, 0.3) is 0 Å². The number of nitrogens with zero attached hydrogens (tertiary/aromatic N) is 1. The summed E-state index contributed by atoms with van der Waals surface area (Å²) >= 11 is 3.43. The largest absolute Gasteiger partial charge is 0.373 e. The fraction of sp³-hybridized carbons (Fsp3) is 0.500. The molecule has 2 N–H and O–H groups in total. The van der Waals surface area contributed by atoms with Gasteiger partial charge >= 0.3 is 0 Å². The molecule has 0 amide bonds. The lowest BCUT2D eigenvalue weighted by atomic mass is 10.1. The zero-order chi connectivity index (χ0) is 13.8. The zero-order valence-corrected chi connectivity index (χ0v) is 13.1. The van der Waals surface area contributed by atoms with Gasteiger partial charge in [-0.25, -0.2) is 8.42 Å². The molecule has 0 saturated carbocycles. The number of hydrogen-bond acceptors (Lipinski definition) is 4. The molecule has 0 bridgehead atoms. The van der Waals surface area contributed by atoms with Crippen molar-refractivity contribution >= 4 is 31.5 Å². The van der Waals surface area contributed by atoms with Gasteiger partial charge in [-0.3, -0.25) is 0 Å². The number of anilines is 1. The minimum absolute atomic E-state index is 0.154. The summed E-state index contributed by atoms with van der Waals surface area (Å²) in [4.78, 5) is 1.96. The monoisotopic (exact) mass is 334 g/mol. The molecule has 18 heavy (non-hydrogen) atoms. The van der Waals surface area contributed by atoms with E-state index in [-0.39, 0.29) is 5.75 Å². The van der Waals surface area contributed by atoms with Crippen molar-refractivity contribution in [3.05, 3.63) is 28.2 Å². The topological polar surface area (TPSA) is 63.4 Å². The molecule has 6 heteroatoms. The Bertz CT molecular complexity index is 503. The lowest BCUT2D eigenvalue weighted by Gasteiger charge is -2.22. The first-order chi connectivity index (χ1) is 8.33. The molecule has 0 radical (unpaired) electrons. The Kier molecular flexibility index (Phi) is 5.62. The van der Waals surface area contributed by atoms with E-state index in [4.69, 9.17) is 5.73 Å². The van der Waals surface area contributed by atoms with Gasteiger partial charge in [-0.15, -0.1) is 0 Å². The zero-order valence-electron chi connectivity index (χ0n) is 10.7. The maximum Gasteiger partial charge on any atom is 0.149 e. The Balaban J connectivity index is 2.87. The third-order valence-electron chi connectivity index (χ3n) is 2.66. The van der Waals surface area contributed by atoms with Crippen molar-refractivity contribution in [2.75, 3.05) is 37.0 Å². The van der Waals surface area contributed by atoms with Crippen molar-refractivity contribution in [1.29, 1.82) is 0 Å². The second kappa shape index (κ2) is 6.54. The van der Waals surface area contributed by atoms with E-state index in [1.165, 1.54) is 6.26 Å². The number of rotatable bonds is 6.